The molecule has 0 bridgehead atoms. The first-order valence-corrected chi connectivity index (χ1v) is 11.7. The molecule has 5 heterocycles. The number of nitrogens with zero attached hydrogens (tertiary/aromatic N) is 3. The molecule has 0 aliphatic carbocycles. The van der Waals surface area contributed by atoms with E-state index in [1.54, 1.807) is 29.0 Å². The van der Waals surface area contributed by atoms with Gasteiger partial charge in [0.05, 0.1) is 17.4 Å². The second-order valence-corrected chi connectivity index (χ2v) is 9.24. The van der Waals surface area contributed by atoms with Gasteiger partial charge >= 0.3 is 0 Å². The second-order valence-electron chi connectivity index (χ2n) is 9.24. The minimum absolute atomic E-state index is 0.0115. The van der Waals surface area contributed by atoms with Crippen LogP contribution in [0.2, 0.25) is 0 Å². The summed E-state index contributed by atoms with van der Waals surface area (Å²) in [5, 5.41) is 4.46. The Bertz CT molecular complexity index is 1260. The van der Waals surface area contributed by atoms with Gasteiger partial charge in [0, 0.05) is 49.8 Å². The monoisotopic (exact) mass is 450 g/mol. The number of hydrogen-bond donors (Lipinski definition) is 1. The molecule has 1 N–H and O–H groups in total. The quantitative estimate of drug-likeness (QED) is 0.623. The first-order chi connectivity index (χ1) is 16.2. The standard InChI is InChI=1S/C25H27FN4O3/c26-20-3-1-17-2-4-23(31)30-15-18(24(20)25(17)30)14-29-6-5-16(13-29)10-27-11-19-9-21-22(12-28-19)33-8-7-32-21/h1-4,9,12,16,18,27H,5-8,10-11,13-15H2. The third kappa shape index (κ3) is 3.87. The molecule has 6 rings (SSSR count). The maximum Gasteiger partial charge on any atom is 0.251 e. The summed E-state index contributed by atoms with van der Waals surface area (Å²) in [6.45, 7) is 6.02. The van der Waals surface area contributed by atoms with Crippen LogP contribution in [-0.2, 0) is 13.1 Å². The van der Waals surface area contributed by atoms with E-state index in [-0.39, 0.29) is 17.3 Å². The van der Waals surface area contributed by atoms with Crippen LogP contribution in [0.1, 0.15) is 23.6 Å². The molecule has 0 saturated carbocycles. The molecule has 0 amide bonds. The molecule has 8 heteroatoms. The van der Waals surface area contributed by atoms with Crippen molar-refractivity contribution >= 4 is 10.9 Å². The Labute approximate surface area is 191 Å². The lowest BCUT2D eigenvalue weighted by atomic mass is 9.98. The van der Waals surface area contributed by atoms with Crippen LogP contribution in [0.3, 0.4) is 0 Å². The van der Waals surface area contributed by atoms with Gasteiger partial charge in [0.25, 0.3) is 5.56 Å². The smallest absolute Gasteiger partial charge is 0.251 e. The van der Waals surface area contributed by atoms with Crippen molar-refractivity contribution in [1.29, 1.82) is 0 Å². The number of rotatable bonds is 6. The number of hydrogen-bond acceptors (Lipinski definition) is 6. The van der Waals surface area contributed by atoms with E-state index in [2.05, 4.69) is 15.2 Å². The highest BCUT2D eigenvalue weighted by atomic mass is 19.1. The maximum absolute atomic E-state index is 14.8. The highest BCUT2D eigenvalue weighted by molar-refractivity contribution is 5.84. The van der Waals surface area contributed by atoms with Crippen molar-refractivity contribution in [2.45, 2.75) is 25.4 Å². The molecule has 2 aromatic heterocycles. The van der Waals surface area contributed by atoms with Crippen molar-refractivity contribution in [2.75, 3.05) is 39.4 Å². The molecule has 2 atom stereocenters. The predicted molar refractivity (Wildman–Crippen MR) is 122 cm³/mol. The molecule has 3 aromatic rings. The summed E-state index contributed by atoms with van der Waals surface area (Å²) in [7, 11) is 0. The van der Waals surface area contributed by atoms with Gasteiger partial charge in [0.1, 0.15) is 19.0 Å². The van der Waals surface area contributed by atoms with Gasteiger partial charge in [-0.05, 0) is 49.0 Å². The number of halogens is 1. The van der Waals surface area contributed by atoms with Crippen LogP contribution >= 0.6 is 0 Å². The van der Waals surface area contributed by atoms with E-state index in [0.717, 1.165) is 54.9 Å². The molecule has 172 valence electrons. The van der Waals surface area contributed by atoms with Crippen LogP contribution in [0.25, 0.3) is 10.9 Å². The third-order valence-corrected chi connectivity index (χ3v) is 7.02. The lowest BCUT2D eigenvalue weighted by Crippen LogP contribution is -2.30. The van der Waals surface area contributed by atoms with E-state index in [1.165, 1.54) is 6.07 Å². The zero-order chi connectivity index (χ0) is 22.4. The fourth-order valence-electron chi connectivity index (χ4n) is 5.47. The number of ether oxygens (including phenoxy) is 2. The molecule has 33 heavy (non-hydrogen) atoms. The fraction of sp³-hybridized carbons (Fsp3) is 0.440. The van der Waals surface area contributed by atoms with Crippen LogP contribution in [0.4, 0.5) is 4.39 Å². The molecule has 0 spiro atoms. The van der Waals surface area contributed by atoms with E-state index in [4.69, 9.17) is 9.47 Å². The number of pyridine rings is 2. The number of benzene rings is 1. The highest BCUT2D eigenvalue weighted by Gasteiger charge is 2.32. The molecule has 2 unspecified atom stereocenters. The average Bonchev–Trinajstić information content (AvgIpc) is 3.44. The molecule has 1 saturated heterocycles. The number of fused-ring (bicyclic) bond motifs is 1. The Morgan fingerprint density at radius 3 is 2.88 bits per heavy atom. The summed E-state index contributed by atoms with van der Waals surface area (Å²) in [5.41, 5.74) is 2.37. The van der Waals surface area contributed by atoms with Gasteiger partial charge in [0.15, 0.2) is 11.5 Å². The predicted octanol–water partition coefficient (Wildman–Crippen LogP) is 2.52. The van der Waals surface area contributed by atoms with Gasteiger partial charge in [-0.15, -0.1) is 0 Å². The fourth-order valence-corrected chi connectivity index (χ4v) is 5.47. The Kier molecular flexibility index (Phi) is 5.27. The summed E-state index contributed by atoms with van der Waals surface area (Å²) in [6, 6.07) is 8.62. The van der Waals surface area contributed by atoms with Crippen LogP contribution in [0.15, 0.2) is 41.3 Å². The summed E-state index contributed by atoms with van der Waals surface area (Å²) in [5.74, 6) is 1.82. The van der Waals surface area contributed by atoms with Gasteiger partial charge in [0.2, 0.25) is 0 Å². The third-order valence-electron chi connectivity index (χ3n) is 7.02. The highest BCUT2D eigenvalue weighted by Crippen LogP contribution is 2.36. The Balaban J connectivity index is 1.05. The number of nitrogens with one attached hydrogen (secondary N) is 1. The minimum atomic E-state index is -0.200. The van der Waals surface area contributed by atoms with Crippen LogP contribution in [-0.4, -0.2) is 53.8 Å². The molecule has 3 aliphatic rings. The van der Waals surface area contributed by atoms with E-state index >= 15 is 0 Å². The van der Waals surface area contributed by atoms with Crippen LogP contribution in [0.5, 0.6) is 11.5 Å². The van der Waals surface area contributed by atoms with E-state index in [9.17, 15) is 9.18 Å². The SMILES string of the molecule is O=c1ccc2ccc(F)c3c2n1CC3CN1CCC(CNCc2cc3c(cn2)OCCO3)C1. The van der Waals surface area contributed by atoms with Gasteiger partial charge < -0.3 is 24.3 Å². The normalized spacial score (nSPS) is 21.7. The molecule has 1 aromatic carbocycles. The van der Waals surface area contributed by atoms with Crippen molar-refractivity contribution in [1.82, 2.24) is 19.8 Å². The Morgan fingerprint density at radius 1 is 1.12 bits per heavy atom. The molecular weight excluding hydrogens is 423 g/mol. The van der Waals surface area contributed by atoms with Crippen molar-refractivity contribution in [3.63, 3.8) is 0 Å². The molecule has 3 aliphatic heterocycles. The molecule has 7 nitrogen and oxygen atoms in total. The Morgan fingerprint density at radius 2 is 1.97 bits per heavy atom. The summed E-state index contributed by atoms with van der Waals surface area (Å²) < 4.78 is 27.7. The lowest BCUT2D eigenvalue weighted by Gasteiger charge is -2.21. The van der Waals surface area contributed by atoms with Gasteiger partial charge in [-0.3, -0.25) is 9.78 Å². The van der Waals surface area contributed by atoms with Gasteiger partial charge in [-0.25, -0.2) is 4.39 Å². The number of likely N-dealkylation sites (tertiary alicyclic amines) is 1. The van der Waals surface area contributed by atoms with Crippen molar-refractivity contribution in [3.8, 4) is 11.5 Å². The number of aromatic nitrogens is 2. The molecular formula is C25H27FN4O3. The van der Waals surface area contributed by atoms with Crippen molar-refractivity contribution in [2.24, 2.45) is 5.92 Å². The zero-order valence-corrected chi connectivity index (χ0v) is 18.4. The molecule has 0 radical (unpaired) electrons. The minimum Gasteiger partial charge on any atom is -0.486 e. The van der Waals surface area contributed by atoms with E-state index in [0.29, 0.717) is 43.5 Å². The average molecular weight is 451 g/mol. The first-order valence-electron chi connectivity index (χ1n) is 11.7. The van der Waals surface area contributed by atoms with E-state index in [1.807, 2.05) is 6.07 Å². The lowest BCUT2D eigenvalue weighted by molar-refractivity contribution is 0.170. The van der Waals surface area contributed by atoms with E-state index < -0.39 is 0 Å². The van der Waals surface area contributed by atoms with Gasteiger partial charge in [-0.1, -0.05) is 0 Å². The Hall–Kier alpha value is -2.97. The van der Waals surface area contributed by atoms with Crippen LogP contribution in [0, 0.1) is 11.7 Å². The van der Waals surface area contributed by atoms with Crippen molar-refractivity contribution in [3.05, 3.63) is 64.0 Å². The topological polar surface area (TPSA) is 68.6 Å². The summed E-state index contributed by atoms with van der Waals surface area (Å²) >= 11 is 0. The van der Waals surface area contributed by atoms with Gasteiger partial charge in [-0.2, -0.15) is 0 Å². The molecule has 1 fully saturated rings. The first kappa shape index (κ1) is 20.6. The van der Waals surface area contributed by atoms with Crippen molar-refractivity contribution < 1.29 is 13.9 Å². The zero-order valence-electron chi connectivity index (χ0n) is 18.4. The summed E-state index contributed by atoms with van der Waals surface area (Å²) in [4.78, 5) is 19.2. The maximum atomic E-state index is 14.8. The second kappa shape index (κ2) is 8.43. The largest absolute Gasteiger partial charge is 0.486 e. The van der Waals surface area contributed by atoms with Crippen LogP contribution < -0.4 is 20.3 Å². The summed E-state index contributed by atoms with van der Waals surface area (Å²) in [6.07, 6.45) is 2.83.